The SMILES string of the molecule is O=S(=O)(c1ccc(N2CCC(F)(F)C2)c(-c2cc3ncccc3[nH]2)c1)N1C=COCC1.[HH]. The van der Waals surface area contributed by atoms with Crippen LogP contribution in [0, 0.1) is 0 Å². The van der Waals surface area contributed by atoms with Crippen LogP contribution in [-0.4, -0.2) is 54.9 Å². The predicted molar refractivity (Wildman–Crippen MR) is 114 cm³/mol. The van der Waals surface area contributed by atoms with Crippen LogP contribution in [0.3, 0.4) is 0 Å². The minimum Gasteiger partial charge on any atom is -0.498 e. The lowest BCUT2D eigenvalue weighted by atomic mass is 10.1. The number of fused-ring (bicyclic) bond motifs is 1. The number of sulfonamides is 1. The third kappa shape index (κ3) is 3.60. The van der Waals surface area contributed by atoms with Crippen molar-refractivity contribution in [3.8, 4) is 11.3 Å². The van der Waals surface area contributed by atoms with Gasteiger partial charge in [-0.25, -0.2) is 17.2 Å². The maximum atomic E-state index is 13.9. The Balaban J connectivity index is 0.00000245. The van der Waals surface area contributed by atoms with Crippen LogP contribution in [0.4, 0.5) is 14.5 Å². The standard InChI is InChI=1S/C21H20F2N4O3S.H2/c22-21(23)5-7-26(14-21)20-4-3-15(31(28,29)27-8-10-30-11-9-27)12-16(20)18-13-19-17(25-18)2-1-6-24-19;/h1-4,6,8,10,12-13,25H,5,7,9,11,14H2;1H. The second-order valence-corrected chi connectivity index (χ2v) is 9.49. The maximum absolute atomic E-state index is 13.9. The Kier molecular flexibility index (Phi) is 4.62. The van der Waals surface area contributed by atoms with Crippen LogP contribution in [-0.2, 0) is 14.8 Å². The molecule has 0 radical (unpaired) electrons. The summed E-state index contributed by atoms with van der Waals surface area (Å²) in [7, 11) is -3.82. The van der Waals surface area contributed by atoms with Gasteiger partial charge in [-0.3, -0.25) is 9.29 Å². The maximum Gasteiger partial charge on any atom is 0.266 e. The Hall–Kier alpha value is -3.14. The van der Waals surface area contributed by atoms with E-state index in [-0.39, 0.29) is 32.4 Å². The van der Waals surface area contributed by atoms with Crippen molar-refractivity contribution in [3.05, 3.63) is 55.1 Å². The van der Waals surface area contributed by atoms with Gasteiger partial charge in [-0.2, -0.15) is 0 Å². The number of aromatic amines is 1. The lowest BCUT2D eigenvalue weighted by Gasteiger charge is -2.25. The number of hydrogen-bond acceptors (Lipinski definition) is 5. The molecule has 1 fully saturated rings. The van der Waals surface area contributed by atoms with E-state index in [2.05, 4.69) is 9.97 Å². The van der Waals surface area contributed by atoms with Crippen LogP contribution in [0.15, 0.2) is 60.0 Å². The van der Waals surface area contributed by atoms with E-state index < -0.39 is 22.5 Å². The molecular weight excluding hydrogens is 426 g/mol. The Morgan fingerprint density at radius 2 is 2.06 bits per heavy atom. The van der Waals surface area contributed by atoms with Crippen molar-refractivity contribution in [3.63, 3.8) is 0 Å². The molecule has 2 aliphatic heterocycles. The molecule has 7 nitrogen and oxygen atoms in total. The zero-order chi connectivity index (χ0) is 21.6. The van der Waals surface area contributed by atoms with Crippen molar-refractivity contribution in [2.45, 2.75) is 17.2 Å². The highest BCUT2D eigenvalue weighted by molar-refractivity contribution is 7.89. The molecule has 3 aromatic rings. The van der Waals surface area contributed by atoms with Crippen molar-refractivity contribution in [1.82, 2.24) is 14.3 Å². The molecule has 31 heavy (non-hydrogen) atoms. The summed E-state index contributed by atoms with van der Waals surface area (Å²) in [5.41, 5.74) is 3.20. The molecule has 4 heterocycles. The topological polar surface area (TPSA) is 78.5 Å². The molecule has 0 spiro atoms. The van der Waals surface area contributed by atoms with E-state index >= 15 is 0 Å². The number of benzene rings is 1. The van der Waals surface area contributed by atoms with Crippen LogP contribution in [0.1, 0.15) is 7.85 Å². The van der Waals surface area contributed by atoms with Gasteiger partial charge in [0.1, 0.15) is 6.61 Å². The van der Waals surface area contributed by atoms with Gasteiger partial charge in [-0.1, -0.05) is 0 Å². The second-order valence-electron chi connectivity index (χ2n) is 7.60. The summed E-state index contributed by atoms with van der Waals surface area (Å²) in [6, 6.07) is 10.1. The molecule has 1 aromatic carbocycles. The molecule has 0 saturated carbocycles. The van der Waals surface area contributed by atoms with E-state index in [1.165, 1.54) is 28.9 Å². The molecule has 164 valence electrons. The van der Waals surface area contributed by atoms with Crippen molar-refractivity contribution >= 4 is 26.7 Å². The number of H-pyrrole nitrogens is 1. The minimum absolute atomic E-state index is 0. The summed E-state index contributed by atoms with van der Waals surface area (Å²) in [6.07, 6.45) is 4.14. The molecule has 2 aromatic heterocycles. The first kappa shape index (κ1) is 19.8. The number of rotatable bonds is 4. The second kappa shape index (κ2) is 7.23. The molecule has 0 amide bonds. The highest BCUT2D eigenvalue weighted by Gasteiger charge is 2.39. The minimum atomic E-state index is -3.82. The van der Waals surface area contributed by atoms with Crippen LogP contribution >= 0.6 is 0 Å². The third-order valence-electron chi connectivity index (χ3n) is 5.52. The van der Waals surface area contributed by atoms with E-state index in [0.717, 1.165) is 5.52 Å². The largest absolute Gasteiger partial charge is 0.498 e. The molecule has 0 aliphatic carbocycles. The van der Waals surface area contributed by atoms with Crippen molar-refractivity contribution in [1.29, 1.82) is 0 Å². The first-order valence-electron chi connectivity index (χ1n) is 9.85. The molecule has 5 rings (SSSR count). The fraction of sp³-hybridized carbons (Fsp3) is 0.286. The molecule has 1 saturated heterocycles. The fourth-order valence-electron chi connectivity index (χ4n) is 3.94. The van der Waals surface area contributed by atoms with Gasteiger partial charge in [0.25, 0.3) is 15.9 Å². The summed E-state index contributed by atoms with van der Waals surface area (Å²) >= 11 is 0. The summed E-state index contributed by atoms with van der Waals surface area (Å²) in [5.74, 6) is -2.78. The third-order valence-corrected chi connectivity index (χ3v) is 7.29. The van der Waals surface area contributed by atoms with Crippen molar-refractivity contribution in [2.75, 3.05) is 31.1 Å². The van der Waals surface area contributed by atoms with Crippen LogP contribution < -0.4 is 4.90 Å². The van der Waals surface area contributed by atoms with E-state index in [4.69, 9.17) is 4.74 Å². The molecule has 10 heteroatoms. The molecule has 2 aliphatic rings. The van der Waals surface area contributed by atoms with E-state index in [1.807, 2.05) is 6.07 Å². The van der Waals surface area contributed by atoms with Gasteiger partial charge in [0.2, 0.25) is 0 Å². The zero-order valence-electron chi connectivity index (χ0n) is 16.5. The number of alkyl halides is 2. The normalized spacial score (nSPS) is 18.5. The van der Waals surface area contributed by atoms with E-state index in [0.29, 0.717) is 22.5 Å². The average molecular weight is 448 g/mol. The number of aromatic nitrogens is 2. The quantitative estimate of drug-likeness (QED) is 0.657. The molecular formula is C21H22F2N4O3S. The molecule has 0 unspecified atom stereocenters. The lowest BCUT2D eigenvalue weighted by Crippen LogP contribution is -2.31. The monoisotopic (exact) mass is 448 g/mol. The summed E-state index contributed by atoms with van der Waals surface area (Å²) in [4.78, 5) is 9.22. The van der Waals surface area contributed by atoms with Gasteiger partial charge in [0, 0.05) is 31.8 Å². The smallest absolute Gasteiger partial charge is 0.266 e. The lowest BCUT2D eigenvalue weighted by molar-refractivity contribution is 0.0257. The number of hydrogen-bond donors (Lipinski definition) is 1. The Bertz CT molecular complexity index is 1250. The number of pyridine rings is 1. The molecule has 0 atom stereocenters. The number of anilines is 1. The van der Waals surface area contributed by atoms with Gasteiger partial charge in [0.15, 0.2) is 0 Å². The first-order valence-corrected chi connectivity index (χ1v) is 11.3. The number of nitrogens with one attached hydrogen (secondary N) is 1. The van der Waals surface area contributed by atoms with Gasteiger partial charge < -0.3 is 14.6 Å². The van der Waals surface area contributed by atoms with Gasteiger partial charge in [-0.05, 0) is 36.4 Å². The van der Waals surface area contributed by atoms with E-state index in [9.17, 15) is 17.2 Å². The highest BCUT2D eigenvalue weighted by Crippen LogP contribution is 2.39. The van der Waals surface area contributed by atoms with Crippen molar-refractivity contribution < 1.29 is 23.4 Å². The van der Waals surface area contributed by atoms with Gasteiger partial charge in [-0.15, -0.1) is 0 Å². The average Bonchev–Trinajstić information content (AvgIpc) is 3.36. The van der Waals surface area contributed by atoms with Crippen LogP contribution in [0.25, 0.3) is 22.3 Å². The molecule has 1 N–H and O–H groups in total. The summed E-state index contributed by atoms with van der Waals surface area (Å²) < 4.78 is 60.4. The summed E-state index contributed by atoms with van der Waals surface area (Å²) in [5, 5.41) is 0. The van der Waals surface area contributed by atoms with E-state index in [1.54, 1.807) is 29.3 Å². The summed E-state index contributed by atoms with van der Waals surface area (Å²) in [6.45, 7) is 0.245. The fourth-order valence-corrected chi connectivity index (χ4v) is 5.24. The van der Waals surface area contributed by atoms with Crippen molar-refractivity contribution in [2.24, 2.45) is 0 Å². The highest BCUT2D eigenvalue weighted by atomic mass is 32.2. The van der Waals surface area contributed by atoms with Crippen LogP contribution in [0.5, 0.6) is 0 Å². The Morgan fingerprint density at radius 3 is 2.77 bits per heavy atom. The zero-order valence-corrected chi connectivity index (χ0v) is 17.3. The molecule has 0 bridgehead atoms. The Morgan fingerprint density at radius 1 is 1.19 bits per heavy atom. The first-order chi connectivity index (χ1) is 14.8. The van der Waals surface area contributed by atoms with Gasteiger partial charge in [0.05, 0.1) is 47.2 Å². The number of ether oxygens (including phenoxy) is 1. The number of nitrogens with zero attached hydrogens (tertiary/aromatic N) is 3. The predicted octanol–water partition coefficient (Wildman–Crippen LogP) is 3.81. The Labute approximate surface area is 179 Å². The van der Waals surface area contributed by atoms with Crippen LogP contribution in [0.2, 0.25) is 0 Å². The van der Waals surface area contributed by atoms with Gasteiger partial charge >= 0.3 is 0 Å². The number of halogens is 2.